The van der Waals surface area contributed by atoms with Gasteiger partial charge in [-0.3, -0.25) is 4.79 Å². The summed E-state index contributed by atoms with van der Waals surface area (Å²) in [7, 11) is 0. The fourth-order valence-electron chi connectivity index (χ4n) is 2.33. The molecule has 0 unspecified atom stereocenters. The highest BCUT2D eigenvalue weighted by molar-refractivity contribution is 9.10. The molecule has 1 aromatic carbocycles. The van der Waals surface area contributed by atoms with Crippen molar-refractivity contribution in [2.75, 3.05) is 11.4 Å². The molecule has 0 atom stereocenters. The molecule has 2 aromatic rings. The van der Waals surface area contributed by atoms with E-state index in [2.05, 4.69) is 21.1 Å². The summed E-state index contributed by atoms with van der Waals surface area (Å²) >= 11 is 3.22. The van der Waals surface area contributed by atoms with Crippen molar-refractivity contribution in [1.82, 2.24) is 0 Å². The minimum atomic E-state index is -0.143. The molecular formula is C14H11BrN2O3. The number of hydrogen-bond acceptors (Lipinski definition) is 4. The fourth-order valence-corrected chi connectivity index (χ4v) is 2.74. The number of oxime groups is 1. The Bertz CT molecular complexity index is 693. The molecule has 1 aliphatic rings. The van der Waals surface area contributed by atoms with Gasteiger partial charge in [-0.15, -0.1) is 0 Å². The molecular weight excluding hydrogens is 324 g/mol. The largest absolute Gasteiger partial charge is 0.457 e. The van der Waals surface area contributed by atoms with Crippen molar-refractivity contribution in [3.8, 4) is 0 Å². The Morgan fingerprint density at radius 2 is 2.15 bits per heavy atom. The zero-order valence-corrected chi connectivity index (χ0v) is 12.0. The summed E-state index contributed by atoms with van der Waals surface area (Å²) in [6, 6.07) is 9.01. The van der Waals surface area contributed by atoms with Crippen LogP contribution in [0.4, 0.5) is 5.69 Å². The topological polar surface area (TPSA) is 66.0 Å². The number of benzene rings is 1. The van der Waals surface area contributed by atoms with Crippen LogP contribution >= 0.6 is 15.9 Å². The fraction of sp³-hybridized carbons (Fsp3) is 0.143. The number of amides is 1. The number of rotatable bonds is 1. The van der Waals surface area contributed by atoms with Gasteiger partial charge in [-0.2, -0.15) is 0 Å². The van der Waals surface area contributed by atoms with Gasteiger partial charge in [-0.1, -0.05) is 23.4 Å². The number of anilines is 1. The average molecular weight is 335 g/mol. The van der Waals surface area contributed by atoms with Crippen molar-refractivity contribution in [3.05, 3.63) is 52.4 Å². The number of carbonyl (C=O) groups is 1. The zero-order chi connectivity index (χ0) is 14.1. The van der Waals surface area contributed by atoms with Crippen LogP contribution in [0.2, 0.25) is 0 Å². The number of carbonyl (C=O) groups excluding carboxylic acids is 1. The van der Waals surface area contributed by atoms with Gasteiger partial charge in [-0.25, -0.2) is 0 Å². The van der Waals surface area contributed by atoms with Gasteiger partial charge < -0.3 is 14.5 Å². The van der Waals surface area contributed by atoms with Gasteiger partial charge in [-0.05, 0) is 28.1 Å². The first-order valence-electron chi connectivity index (χ1n) is 6.07. The summed E-state index contributed by atoms with van der Waals surface area (Å²) in [5, 5.41) is 12.4. The summed E-state index contributed by atoms with van der Waals surface area (Å²) < 4.78 is 5.53. The Labute approximate surface area is 123 Å². The van der Waals surface area contributed by atoms with E-state index in [1.807, 2.05) is 24.3 Å². The molecule has 2 heterocycles. The van der Waals surface area contributed by atoms with Crippen LogP contribution in [-0.4, -0.2) is 23.4 Å². The highest BCUT2D eigenvalue weighted by Crippen LogP contribution is 2.30. The smallest absolute Gasteiger partial charge is 0.262 e. The van der Waals surface area contributed by atoms with Crippen molar-refractivity contribution in [3.63, 3.8) is 0 Å². The maximum atomic E-state index is 12.6. The van der Waals surface area contributed by atoms with E-state index >= 15 is 0 Å². The quantitative estimate of drug-likeness (QED) is 0.642. The van der Waals surface area contributed by atoms with Crippen molar-refractivity contribution < 1.29 is 14.4 Å². The lowest BCUT2D eigenvalue weighted by molar-refractivity contribution is 0.0985. The number of furan rings is 1. The molecule has 0 bridgehead atoms. The molecule has 0 radical (unpaired) electrons. The third kappa shape index (κ3) is 2.02. The molecule has 0 spiro atoms. The van der Waals surface area contributed by atoms with Gasteiger partial charge in [0.2, 0.25) is 0 Å². The number of nitrogens with zero attached hydrogens (tertiary/aromatic N) is 2. The first-order valence-corrected chi connectivity index (χ1v) is 6.87. The molecule has 20 heavy (non-hydrogen) atoms. The second-order valence-corrected chi connectivity index (χ2v) is 5.10. The van der Waals surface area contributed by atoms with Crippen LogP contribution in [0.3, 0.4) is 0 Å². The van der Waals surface area contributed by atoms with Crippen molar-refractivity contribution in [2.45, 2.75) is 6.42 Å². The second-order valence-electron chi connectivity index (χ2n) is 4.38. The van der Waals surface area contributed by atoms with Crippen LogP contribution in [0.15, 0.2) is 50.8 Å². The molecule has 6 heteroatoms. The first-order chi connectivity index (χ1) is 9.72. The highest BCUT2D eigenvalue weighted by Gasteiger charge is 2.28. The number of para-hydroxylation sites is 1. The molecule has 0 fully saturated rings. The van der Waals surface area contributed by atoms with E-state index in [0.29, 0.717) is 28.9 Å². The number of halogens is 1. The van der Waals surface area contributed by atoms with Crippen LogP contribution < -0.4 is 4.90 Å². The summed E-state index contributed by atoms with van der Waals surface area (Å²) in [5.41, 5.74) is 2.58. The second kappa shape index (κ2) is 5.13. The lowest BCUT2D eigenvalue weighted by atomic mass is 9.99. The molecule has 1 N–H and O–H groups in total. The third-order valence-electron chi connectivity index (χ3n) is 3.29. The number of fused-ring (bicyclic) bond motifs is 1. The Hall–Kier alpha value is -2.08. The van der Waals surface area contributed by atoms with E-state index < -0.39 is 0 Å². The standard InChI is InChI=1S/C14H11BrN2O3/c15-13-10(6-8-20-13)14(18)17-7-5-11(16-19)9-3-1-2-4-12(9)17/h1-4,6,8,19H,5,7H2/b16-11-. The van der Waals surface area contributed by atoms with Crippen molar-refractivity contribution in [2.24, 2.45) is 5.16 Å². The van der Waals surface area contributed by atoms with Gasteiger partial charge in [0, 0.05) is 18.5 Å². The van der Waals surface area contributed by atoms with E-state index in [4.69, 9.17) is 9.62 Å². The van der Waals surface area contributed by atoms with Crippen LogP contribution in [0, 0.1) is 0 Å². The lowest BCUT2D eigenvalue weighted by Gasteiger charge is -2.29. The van der Waals surface area contributed by atoms with Crippen molar-refractivity contribution >= 4 is 33.2 Å². The van der Waals surface area contributed by atoms with Gasteiger partial charge in [0.15, 0.2) is 4.67 Å². The van der Waals surface area contributed by atoms with E-state index in [-0.39, 0.29) is 5.91 Å². The average Bonchev–Trinajstić information content (AvgIpc) is 2.91. The summed E-state index contributed by atoms with van der Waals surface area (Å²) in [4.78, 5) is 14.2. The van der Waals surface area contributed by atoms with Crippen molar-refractivity contribution in [1.29, 1.82) is 0 Å². The first kappa shape index (κ1) is 12.9. The lowest BCUT2D eigenvalue weighted by Crippen LogP contribution is -2.37. The third-order valence-corrected chi connectivity index (χ3v) is 3.91. The Kier molecular flexibility index (Phi) is 3.31. The zero-order valence-electron chi connectivity index (χ0n) is 10.4. The molecule has 1 amide bonds. The Balaban J connectivity index is 2.04. The molecule has 1 aliphatic heterocycles. The van der Waals surface area contributed by atoms with E-state index in [9.17, 15) is 4.79 Å². The number of hydrogen-bond donors (Lipinski definition) is 1. The van der Waals surface area contributed by atoms with Gasteiger partial charge in [0.1, 0.15) is 0 Å². The normalized spacial score (nSPS) is 16.2. The summed E-state index contributed by atoms with van der Waals surface area (Å²) in [6.07, 6.45) is 1.97. The van der Waals surface area contributed by atoms with Crippen LogP contribution in [0.25, 0.3) is 0 Å². The predicted octanol–water partition coefficient (Wildman–Crippen LogP) is 3.27. The van der Waals surface area contributed by atoms with E-state index in [0.717, 1.165) is 11.3 Å². The summed E-state index contributed by atoms with van der Waals surface area (Å²) in [6.45, 7) is 0.465. The van der Waals surface area contributed by atoms with Gasteiger partial charge in [0.05, 0.1) is 23.2 Å². The molecule has 3 rings (SSSR count). The Morgan fingerprint density at radius 1 is 1.35 bits per heavy atom. The molecule has 102 valence electrons. The molecule has 1 aromatic heterocycles. The van der Waals surface area contributed by atoms with Gasteiger partial charge >= 0.3 is 0 Å². The van der Waals surface area contributed by atoms with E-state index in [1.54, 1.807) is 11.0 Å². The maximum Gasteiger partial charge on any atom is 0.262 e. The predicted molar refractivity (Wildman–Crippen MR) is 77.5 cm³/mol. The molecule has 0 aliphatic carbocycles. The monoisotopic (exact) mass is 334 g/mol. The van der Waals surface area contributed by atoms with Crippen LogP contribution in [0.5, 0.6) is 0 Å². The van der Waals surface area contributed by atoms with Gasteiger partial charge in [0.25, 0.3) is 5.91 Å². The molecule has 0 saturated heterocycles. The summed E-state index contributed by atoms with van der Waals surface area (Å²) in [5.74, 6) is -0.143. The maximum absolute atomic E-state index is 12.6. The van der Waals surface area contributed by atoms with Crippen LogP contribution in [-0.2, 0) is 0 Å². The Morgan fingerprint density at radius 3 is 2.85 bits per heavy atom. The minimum Gasteiger partial charge on any atom is -0.457 e. The van der Waals surface area contributed by atoms with Crippen LogP contribution in [0.1, 0.15) is 22.3 Å². The van der Waals surface area contributed by atoms with E-state index in [1.165, 1.54) is 6.26 Å². The SMILES string of the molecule is O=C(c1ccoc1Br)N1CC/C(=N/O)c2ccccc21. The highest BCUT2D eigenvalue weighted by atomic mass is 79.9. The molecule has 0 saturated carbocycles. The molecule has 5 nitrogen and oxygen atoms in total. The minimum absolute atomic E-state index is 0.143.